The molecular formula is C20H15Cl2N3O3S. The summed E-state index contributed by atoms with van der Waals surface area (Å²) < 4.78 is 6.62. The summed E-state index contributed by atoms with van der Waals surface area (Å²) in [5, 5.41) is 4.28. The summed E-state index contributed by atoms with van der Waals surface area (Å²) in [4.78, 5) is 29.5. The number of rotatable bonds is 6. The van der Waals surface area contributed by atoms with Crippen LogP contribution in [0.25, 0.3) is 11.1 Å². The van der Waals surface area contributed by atoms with Crippen LogP contribution in [0.3, 0.4) is 0 Å². The van der Waals surface area contributed by atoms with Crippen molar-refractivity contribution in [2.45, 2.75) is 19.4 Å². The van der Waals surface area contributed by atoms with E-state index in [-0.39, 0.29) is 18.9 Å². The normalized spacial score (nSPS) is 11.1. The Balaban J connectivity index is 1.38. The van der Waals surface area contributed by atoms with E-state index in [2.05, 4.69) is 10.3 Å². The Morgan fingerprint density at radius 1 is 1.17 bits per heavy atom. The van der Waals surface area contributed by atoms with Crippen LogP contribution in [-0.2, 0) is 17.8 Å². The van der Waals surface area contributed by atoms with Crippen LogP contribution in [0, 0.1) is 0 Å². The topological polar surface area (TPSA) is 77.1 Å². The van der Waals surface area contributed by atoms with Crippen LogP contribution in [0.4, 0.5) is 5.13 Å². The van der Waals surface area contributed by atoms with Crippen molar-refractivity contribution in [3.63, 3.8) is 0 Å². The predicted octanol–water partition coefficient (Wildman–Crippen LogP) is 4.98. The summed E-state index contributed by atoms with van der Waals surface area (Å²) in [6.07, 6.45) is 2.40. The van der Waals surface area contributed by atoms with Crippen LogP contribution in [0.5, 0.6) is 0 Å². The third-order valence-corrected chi connectivity index (χ3v) is 6.10. The van der Waals surface area contributed by atoms with Gasteiger partial charge in [-0.25, -0.2) is 9.78 Å². The van der Waals surface area contributed by atoms with Gasteiger partial charge >= 0.3 is 5.76 Å². The molecule has 2 aromatic heterocycles. The van der Waals surface area contributed by atoms with Crippen LogP contribution < -0.4 is 11.1 Å². The van der Waals surface area contributed by atoms with Gasteiger partial charge in [0.05, 0.1) is 15.6 Å². The number of thiazole rings is 1. The molecule has 0 aliphatic rings. The fourth-order valence-electron chi connectivity index (χ4n) is 2.94. The molecule has 4 aromatic rings. The number of aryl methyl sites for hydroxylation is 1. The lowest BCUT2D eigenvalue weighted by molar-refractivity contribution is -0.116. The minimum absolute atomic E-state index is 0.123. The second-order valence-corrected chi connectivity index (χ2v) is 8.21. The molecule has 0 radical (unpaired) electrons. The van der Waals surface area contributed by atoms with E-state index in [1.54, 1.807) is 30.5 Å². The Hall–Kier alpha value is -2.61. The van der Waals surface area contributed by atoms with E-state index in [1.165, 1.54) is 15.9 Å². The molecule has 1 amide bonds. The molecule has 29 heavy (non-hydrogen) atoms. The Bertz CT molecular complexity index is 1250. The SMILES string of the molecule is O=C(CCn1c(=O)oc2ccccc21)Nc1ncc(Cc2cccc(Cl)c2Cl)s1. The molecule has 1 N–H and O–H groups in total. The van der Waals surface area contributed by atoms with Gasteiger partial charge in [0, 0.05) is 30.5 Å². The zero-order valence-electron chi connectivity index (χ0n) is 15.0. The van der Waals surface area contributed by atoms with E-state index in [0.29, 0.717) is 32.7 Å². The van der Waals surface area contributed by atoms with Crippen LogP contribution in [-0.4, -0.2) is 15.5 Å². The molecule has 6 nitrogen and oxygen atoms in total. The molecule has 2 heterocycles. The number of hydrogen-bond acceptors (Lipinski definition) is 5. The Morgan fingerprint density at radius 2 is 2.00 bits per heavy atom. The van der Waals surface area contributed by atoms with Gasteiger partial charge in [-0.05, 0) is 23.8 Å². The van der Waals surface area contributed by atoms with Crippen LogP contribution in [0.2, 0.25) is 10.0 Å². The van der Waals surface area contributed by atoms with Crippen LogP contribution >= 0.6 is 34.5 Å². The molecular weight excluding hydrogens is 433 g/mol. The van der Waals surface area contributed by atoms with E-state index >= 15 is 0 Å². The Morgan fingerprint density at radius 3 is 2.86 bits per heavy atom. The van der Waals surface area contributed by atoms with Crippen molar-refractivity contribution in [3.05, 3.63) is 79.7 Å². The Labute approximate surface area is 179 Å². The number of oxazole rings is 1. The molecule has 0 aliphatic heterocycles. The highest BCUT2D eigenvalue weighted by Crippen LogP contribution is 2.29. The van der Waals surface area contributed by atoms with E-state index < -0.39 is 5.76 Å². The molecule has 4 rings (SSSR count). The first-order valence-corrected chi connectivity index (χ1v) is 10.3. The first-order valence-electron chi connectivity index (χ1n) is 8.77. The van der Waals surface area contributed by atoms with Crippen molar-refractivity contribution in [1.29, 1.82) is 0 Å². The van der Waals surface area contributed by atoms with Gasteiger partial charge < -0.3 is 9.73 Å². The molecule has 0 bridgehead atoms. The van der Waals surface area contributed by atoms with Crippen molar-refractivity contribution in [1.82, 2.24) is 9.55 Å². The standard InChI is InChI=1S/C20H15Cl2N3O3S/c21-14-5-3-4-12(18(14)22)10-13-11-23-19(29-13)24-17(26)8-9-25-15-6-1-2-7-16(15)28-20(25)27/h1-7,11H,8-10H2,(H,23,24,26). The highest BCUT2D eigenvalue weighted by molar-refractivity contribution is 7.15. The van der Waals surface area contributed by atoms with Gasteiger partial charge in [0.1, 0.15) is 0 Å². The second kappa shape index (κ2) is 8.41. The molecule has 0 unspecified atom stereocenters. The zero-order valence-corrected chi connectivity index (χ0v) is 17.4. The highest BCUT2D eigenvalue weighted by Gasteiger charge is 2.13. The summed E-state index contributed by atoms with van der Waals surface area (Å²) >= 11 is 13.6. The van der Waals surface area contributed by atoms with Gasteiger partial charge in [-0.3, -0.25) is 9.36 Å². The number of para-hydroxylation sites is 2. The minimum atomic E-state index is -0.478. The van der Waals surface area contributed by atoms with Crippen molar-refractivity contribution >= 4 is 56.7 Å². The van der Waals surface area contributed by atoms with E-state index in [4.69, 9.17) is 27.6 Å². The molecule has 0 atom stereocenters. The average molecular weight is 448 g/mol. The lowest BCUT2D eigenvalue weighted by Gasteiger charge is -2.04. The molecule has 0 saturated heterocycles. The lowest BCUT2D eigenvalue weighted by Crippen LogP contribution is -2.19. The number of nitrogens with zero attached hydrogens (tertiary/aromatic N) is 2. The van der Waals surface area contributed by atoms with E-state index in [0.717, 1.165) is 10.4 Å². The van der Waals surface area contributed by atoms with Gasteiger partial charge in [-0.2, -0.15) is 0 Å². The predicted molar refractivity (Wildman–Crippen MR) is 115 cm³/mol. The summed E-state index contributed by atoms with van der Waals surface area (Å²) in [6.45, 7) is 0.220. The fourth-order valence-corrected chi connectivity index (χ4v) is 4.18. The van der Waals surface area contributed by atoms with Gasteiger partial charge in [0.15, 0.2) is 10.7 Å². The summed E-state index contributed by atoms with van der Waals surface area (Å²) in [6, 6.07) is 12.6. The maximum atomic E-state index is 12.3. The largest absolute Gasteiger partial charge is 0.419 e. The summed E-state index contributed by atoms with van der Waals surface area (Å²) in [5.74, 6) is -0.710. The smallest absolute Gasteiger partial charge is 0.408 e. The Kier molecular flexibility index (Phi) is 5.71. The number of nitrogens with one attached hydrogen (secondary N) is 1. The number of carbonyl (C=O) groups excluding carboxylic acids is 1. The molecule has 0 spiro atoms. The third kappa shape index (κ3) is 4.37. The van der Waals surface area contributed by atoms with Gasteiger partial charge in [-0.15, -0.1) is 11.3 Å². The number of halogens is 2. The first kappa shape index (κ1) is 19.7. The van der Waals surface area contributed by atoms with Crippen molar-refractivity contribution in [2.24, 2.45) is 0 Å². The summed E-state index contributed by atoms with van der Waals surface area (Å²) in [7, 11) is 0. The number of benzene rings is 2. The van der Waals surface area contributed by atoms with Gasteiger partial charge in [0.2, 0.25) is 5.91 Å². The number of aromatic nitrogens is 2. The van der Waals surface area contributed by atoms with Crippen molar-refractivity contribution < 1.29 is 9.21 Å². The van der Waals surface area contributed by atoms with Crippen molar-refractivity contribution in [2.75, 3.05) is 5.32 Å². The first-order chi connectivity index (χ1) is 14.0. The molecule has 148 valence electrons. The van der Waals surface area contributed by atoms with Gasteiger partial charge in [0.25, 0.3) is 0 Å². The lowest BCUT2D eigenvalue weighted by atomic mass is 10.1. The number of carbonyl (C=O) groups is 1. The third-order valence-electron chi connectivity index (χ3n) is 4.33. The maximum Gasteiger partial charge on any atom is 0.419 e. The number of anilines is 1. The van der Waals surface area contributed by atoms with Crippen LogP contribution in [0.1, 0.15) is 16.9 Å². The maximum absolute atomic E-state index is 12.3. The monoisotopic (exact) mass is 447 g/mol. The van der Waals surface area contributed by atoms with E-state index in [9.17, 15) is 9.59 Å². The average Bonchev–Trinajstić information content (AvgIpc) is 3.27. The second-order valence-electron chi connectivity index (χ2n) is 6.31. The minimum Gasteiger partial charge on any atom is -0.408 e. The number of amides is 1. The quantitative estimate of drug-likeness (QED) is 0.452. The molecule has 0 fully saturated rings. The molecule has 0 saturated carbocycles. The zero-order chi connectivity index (χ0) is 20.4. The highest BCUT2D eigenvalue weighted by atomic mass is 35.5. The van der Waals surface area contributed by atoms with E-state index in [1.807, 2.05) is 18.2 Å². The van der Waals surface area contributed by atoms with Crippen molar-refractivity contribution in [3.8, 4) is 0 Å². The van der Waals surface area contributed by atoms with Gasteiger partial charge in [-0.1, -0.05) is 47.5 Å². The van der Waals surface area contributed by atoms with Crippen LogP contribution in [0.15, 0.2) is 57.9 Å². The molecule has 0 aliphatic carbocycles. The number of hydrogen-bond donors (Lipinski definition) is 1. The molecule has 9 heteroatoms. The number of fused-ring (bicyclic) bond motifs is 1. The summed E-state index contributed by atoms with van der Waals surface area (Å²) in [5.41, 5.74) is 2.06. The fraction of sp³-hybridized carbons (Fsp3) is 0.150. The molecule has 2 aromatic carbocycles.